The van der Waals surface area contributed by atoms with Crippen molar-refractivity contribution in [2.45, 2.75) is 19.4 Å². The monoisotopic (exact) mass is 310 g/mol. The summed E-state index contributed by atoms with van der Waals surface area (Å²) in [5.41, 5.74) is 2.60. The summed E-state index contributed by atoms with van der Waals surface area (Å²) in [6, 6.07) is 15.3. The molecule has 2 aromatic carbocycles. The molecular weight excluding hydrogens is 292 g/mol. The predicted molar refractivity (Wildman–Crippen MR) is 85.4 cm³/mol. The molecule has 23 heavy (non-hydrogen) atoms. The first-order valence-electron chi connectivity index (χ1n) is 7.58. The molecule has 0 aliphatic heterocycles. The number of rotatable bonds is 4. The van der Waals surface area contributed by atoms with Crippen LogP contribution in [0.4, 0.5) is 0 Å². The second kappa shape index (κ2) is 6.65. The molecule has 4 nitrogen and oxygen atoms in total. The fraction of sp³-hybridized carbons (Fsp3) is 0.263. The number of hydrogen-bond donors (Lipinski definition) is 0. The average molecular weight is 310 g/mol. The van der Waals surface area contributed by atoms with Crippen molar-refractivity contribution >= 4 is 11.8 Å². The predicted octanol–water partition coefficient (Wildman–Crippen LogP) is 3.18. The van der Waals surface area contributed by atoms with Crippen molar-refractivity contribution in [1.29, 1.82) is 0 Å². The number of fused-ring (bicyclic) bond motifs is 1. The van der Waals surface area contributed by atoms with Gasteiger partial charge in [-0.25, -0.2) is 0 Å². The van der Waals surface area contributed by atoms with Crippen LogP contribution < -0.4 is 4.74 Å². The van der Waals surface area contributed by atoms with Crippen LogP contribution in [-0.4, -0.2) is 18.9 Å². The van der Waals surface area contributed by atoms with Gasteiger partial charge in [0.2, 0.25) is 0 Å². The van der Waals surface area contributed by atoms with Gasteiger partial charge in [-0.2, -0.15) is 0 Å². The highest BCUT2D eigenvalue weighted by Crippen LogP contribution is 2.29. The number of carbonyl (C=O) groups excluding carboxylic acids is 2. The standard InChI is InChI=1S/C19H18O4/c1-22-19(21)15-9-14-10-16(7-8-17(14)18(20)11-15)23-12-13-5-3-2-4-6-13/h2-8,10,15H,9,11-12H2,1H3. The number of Topliss-reactive ketones (excluding diaryl/α,β-unsaturated/α-hetero) is 1. The molecule has 0 radical (unpaired) electrons. The highest BCUT2D eigenvalue weighted by Gasteiger charge is 2.30. The molecule has 1 atom stereocenters. The van der Waals surface area contributed by atoms with Crippen LogP contribution in [0.15, 0.2) is 48.5 Å². The maximum atomic E-state index is 12.2. The summed E-state index contributed by atoms with van der Waals surface area (Å²) in [6.07, 6.45) is 0.722. The zero-order valence-electron chi connectivity index (χ0n) is 13.0. The molecule has 0 saturated heterocycles. The Morgan fingerprint density at radius 2 is 1.91 bits per heavy atom. The van der Waals surface area contributed by atoms with Crippen LogP contribution in [0.3, 0.4) is 0 Å². The minimum atomic E-state index is -0.399. The molecule has 1 aliphatic carbocycles. The number of ketones is 1. The molecule has 118 valence electrons. The first-order chi connectivity index (χ1) is 11.2. The van der Waals surface area contributed by atoms with E-state index < -0.39 is 5.92 Å². The summed E-state index contributed by atoms with van der Waals surface area (Å²) in [5, 5.41) is 0. The zero-order valence-corrected chi connectivity index (χ0v) is 13.0. The highest BCUT2D eigenvalue weighted by atomic mass is 16.5. The Hall–Kier alpha value is -2.62. The van der Waals surface area contributed by atoms with Crippen molar-refractivity contribution in [2.75, 3.05) is 7.11 Å². The van der Waals surface area contributed by atoms with Crippen LogP contribution in [0.25, 0.3) is 0 Å². The second-order valence-corrected chi connectivity index (χ2v) is 5.64. The average Bonchev–Trinajstić information content (AvgIpc) is 2.59. The largest absolute Gasteiger partial charge is 0.489 e. The SMILES string of the molecule is COC(=O)C1CC(=O)c2ccc(OCc3ccccc3)cc2C1. The van der Waals surface area contributed by atoms with E-state index in [4.69, 9.17) is 9.47 Å². The Morgan fingerprint density at radius 1 is 1.13 bits per heavy atom. The molecule has 0 heterocycles. The Balaban J connectivity index is 1.76. The molecule has 4 heteroatoms. The van der Waals surface area contributed by atoms with E-state index in [1.165, 1.54) is 7.11 Å². The van der Waals surface area contributed by atoms with E-state index in [1.54, 1.807) is 12.1 Å². The quantitative estimate of drug-likeness (QED) is 0.814. The molecule has 0 fully saturated rings. The third kappa shape index (κ3) is 3.42. The molecule has 1 aliphatic rings. The van der Waals surface area contributed by atoms with Crippen molar-refractivity contribution in [3.8, 4) is 5.75 Å². The first kappa shape index (κ1) is 15.3. The van der Waals surface area contributed by atoms with Gasteiger partial charge in [0.15, 0.2) is 5.78 Å². The van der Waals surface area contributed by atoms with Gasteiger partial charge in [-0.3, -0.25) is 9.59 Å². The molecule has 3 rings (SSSR count). The van der Waals surface area contributed by atoms with Gasteiger partial charge in [0.05, 0.1) is 13.0 Å². The van der Waals surface area contributed by atoms with Crippen molar-refractivity contribution in [3.05, 3.63) is 65.2 Å². The topological polar surface area (TPSA) is 52.6 Å². The molecule has 0 amide bonds. The fourth-order valence-electron chi connectivity index (χ4n) is 2.85. The van der Waals surface area contributed by atoms with Gasteiger partial charge in [0.25, 0.3) is 0 Å². The van der Waals surface area contributed by atoms with Crippen LogP contribution in [0.1, 0.15) is 27.9 Å². The van der Waals surface area contributed by atoms with Crippen molar-refractivity contribution in [3.63, 3.8) is 0 Å². The fourth-order valence-corrected chi connectivity index (χ4v) is 2.85. The van der Waals surface area contributed by atoms with Gasteiger partial charge in [-0.1, -0.05) is 30.3 Å². The first-order valence-corrected chi connectivity index (χ1v) is 7.58. The normalized spacial score (nSPS) is 16.6. The van der Waals surface area contributed by atoms with E-state index in [0.717, 1.165) is 11.1 Å². The molecule has 0 saturated carbocycles. The molecule has 0 spiro atoms. The Bertz CT molecular complexity index is 721. The molecular formula is C19H18O4. The van der Waals surface area contributed by atoms with E-state index in [9.17, 15) is 9.59 Å². The molecule has 0 N–H and O–H groups in total. The van der Waals surface area contributed by atoms with Crippen molar-refractivity contribution < 1.29 is 19.1 Å². The lowest BCUT2D eigenvalue weighted by Crippen LogP contribution is -2.27. The summed E-state index contributed by atoms with van der Waals surface area (Å²) >= 11 is 0. The lowest BCUT2D eigenvalue weighted by atomic mass is 9.83. The highest BCUT2D eigenvalue weighted by molar-refractivity contribution is 6.01. The van der Waals surface area contributed by atoms with Crippen LogP contribution in [0.2, 0.25) is 0 Å². The van der Waals surface area contributed by atoms with E-state index in [-0.39, 0.29) is 18.2 Å². The maximum Gasteiger partial charge on any atom is 0.309 e. The molecule has 0 bridgehead atoms. The smallest absolute Gasteiger partial charge is 0.309 e. The lowest BCUT2D eigenvalue weighted by molar-refractivity contribution is -0.145. The number of ether oxygens (including phenoxy) is 2. The van der Waals surface area contributed by atoms with E-state index in [2.05, 4.69) is 0 Å². The van der Waals surface area contributed by atoms with E-state index in [1.807, 2.05) is 36.4 Å². The van der Waals surface area contributed by atoms with Gasteiger partial charge < -0.3 is 9.47 Å². The van der Waals surface area contributed by atoms with Gasteiger partial charge in [0, 0.05) is 12.0 Å². The number of hydrogen-bond acceptors (Lipinski definition) is 4. The Kier molecular flexibility index (Phi) is 4.42. The van der Waals surface area contributed by atoms with Gasteiger partial charge >= 0.3 is 5.97 Å². The molecule has 2 aromatic rings. The maximum absolute atomic E-state index is 12.2. The van der Waals surface area contributed by atoms with Crippen LogP contribution in [-0.2, 0) is 22.6 Å². The van der Waals surface area contributed by atoms with Crippen LogP contribution in [0, 0.1) is 5.92 Å². The van der Waals surface area contributed by atoms with Crippen molar-refractivity contribution in [2.24, 2.45) is 5.92 Å². The van der Waals surface area contributed by atoms with Gasteiger partial charge in [-0.15, -0.1) is 0 Å². The summed E-state index contributed by atoms with van der Waals surface area (Å²) < 4.78 is 10.6. The number of methoxy groups -OCH3 is 1. The Labute approximate surface area is 135 Å². The third-order valence-electron chi connectivity index (χ3n) is 4.06. The number of esters is 1. The van der Waals surface area contributed by atoms with Crippen LogP contribution >= 0.6 is 0 Å². The van der Waals surface area contributed by atoms with Crippen LogP contribution in [0.5, 0.6) is 5.75 Å². The second-order valence-electron chi connectivity index (χ2n) is 5.64. The van der Waals surface area contributed by atoms with Crippen molar-refractivity contribution in [1.82, 2.24) is 0 Å². The minimum absolute atomic E-state index is 0.0174. The van der Waals surface area contributed by atoms with E-state index >= 15 is 0 Å². The molecule has 0 aromatic heterocycles. The van der Waals surface area contributed by atoms with E-state index in [0.29, 0.717) is 24.3 Å². The number of carbonyl (C=O) groups is 2. The lowest BCUT2D eigenvalue weighted by Gasteiger charge is -2.22. The summed E-state index contributed by atoms with van der Waals surface area (Å²) in [5.74, 6) is -0.0499. The molecule has 1 unspecified atom stereocenters. The summed E-state index contributed by atoms with van der Waals surface area (Å²) in [7, 11) is 1.35. The van der Waals surface area contributed by atoms with Gasteiger partial charge in [0.1, 0.15) is 12.4 Å². The summed E-state index contributed by atoms with van der Waals surface area (Å²) in [6.45, 7) is 0.466. The summed E-state index contributed by atoms with van der Waals surface area (Å²) in [4.78, 5) is 23.9. The minimum Gasteiger partial charge on any atom is -0.489 e. The number of benzene rings is 2. The van der Waals surface area contributed by atoms with Gasteiger partial charge in [-0.05, 0) is 35.7 Å². The third-order valence-corrected chi connectivity index (χ3v) is 4.06. The Morgan fingerprint density at radius 3 is 2.65 bits per heavy atom. The zero-order chi connectivity index (χ0) is 16.2.